The van der Waals surface area contributed by atoms with E-state index in [9.17, 15) is 4.79 Å². The number of amides is 2. The van der Waals surface area contributed by atoms with Gasteiger partial charge in [0.1, 0.15) is 11.9 Å². The van der Waals surface area contributed by atoms with Crippen molar-refractivity contribution in [3.63, 3.8) is 0 Å². The van der Waals surface area contributed by atoms with E-state index in [0.717, 1.165) is 31.9 Å². The van der Waals surface area contributed by atoms with Crippen molar-refractivity contribution in [2.45, 2.75) is 46.2 Å². The highest BCUT2D eigenvalue weighted by Crippen LogP contribution is 2.28. The molecule has 1 fully saturated rings. The van der Waals surface area contributed by atoms with Crippen molar-refractivity contribution in [2.24, 2.45) is 0 Å². The van der Waals surface area contributed by atoms with Crippen LogP contribution in [0.2, 0.25) is 0 Å². The fraction of sp³-hybridized carbons (Fsp3) is 0.765. The Balaban J connectivity index is 2.07. The Bertz CT molecular complexity index is 547. The summed E-state index contributed by atoms with van der Waals surface area (Å²) in [7, 11) is 1.81. The third kappa shape index (κ3) is 4.08. The standard InChI is InChI=1S/C17H31N5O2/c1-7-21(8-2)10-9-18-15-12-20(6)16(23)22(15)14-11-13(24-19-14)17(3,4)5/h11,15,18H,7-10,12H2,1-6H3. The summed E-state index contributed by atoms with van der Waals surface area (Å²) >= 11 is 0. The van der Waals surface area contributed by atoms with Crippen LogP contribution in [0.4, 0.5) is 10.6 Å². The average molecular weight is 337 g/mol. The fourth-order valence-corrected chi connectivity index (χ4v) is 2.81. The highest BCUT2D eigenvalue weighted by molar-refractivity contribution is 5.93. The van der Waals surface area contributed by atoms with Crippen molar-refractivity contribution in [2.75, 3.05) is 44.7 Å². The van der Waals surface area contributed by atoms with Crippen molar-refractivity contribution in [1.82, 2.24) is 20.3 Å². The van der Waals surface area contributed by atoms with E-state index in [1.54, 1.807) is 9.80 Å². The van der Waals surface area contributed by atoms with Crippen LogP contribution in [0.3, 0.4) is 0 Å². The van der Waals surface area contributed by atoms with Gasteiger partial charge >= 0.3 is 6.03 Å². The van der Waals surface area contributed by atoms with Crippen LogP contribution in [0, 0.1) is 0 Å². The molecule has 1 unspecified atom stereocenters. The molecule has 7 nitrogen and oxygen atoms in total. The first-order valence-electron chi connectivity index (χ1n) is 8.75. The number of hydrogen-bond donors (Lipinski definition) is 1. The number of aromatic nitrogens is 1. The minimum Gasteiger partial charge on any atom is -0.359 e. The lowest BCUT2D eigenvalue weighted by Gasteiger charge is -2.24. The number of hydrogen-bond acceptors (Lipinski definition) is 5. The maximum absolute atomic E-state index is 12.5. The van der Waals surface area contributed by atoms with E-state index < -0.39 is 0 Å². The Morgan fingerprint density at radius 1 is 1.38 bits per heavy atom. The van der Waals surface area contributed by atoms with Crippen molar-refractivity contribution >= 4 is 11.8 Å². The first-order chi connectivity index (χ1) is 11.3. The van der Waals surface area contributed by atoms with Gasteiger partial charge < -0.3 is 14.3 Å². The zero-order valence-electron chi connectivity index (χ0n) is 15.8. The average Bonchev–Trinajstić information content (AvgIpc) is 3.09. The Morgan fingerprint density at radius 3 is 2.58 bits per heavy atom. The molecule has 1 aromatic heterocycles. The van der Waals surface area contributed by atoms with Crippen LogP contribution in [0.25, 0.3) is 0 Å². The van der Waals surface area contributed by atoms with Crippen LogP contribution in [-0.4, -0.2) is 66.9 Å². The number of urea groups is 1. The summed E-state index contributed by atoms with van der Waals surface area (Å²) in [5, 5.41) is 7.61. The SMILES string of the molecule is CCN(CC)CCNC1CN(C)C(=O)N1c1cc(C(C)(C)C)on1. The number of nitrogens with one attached hydrogen (secondary N) is 1. The van der Waals surface area contributed by atoms with Crippen LogP contribution in [0.15, 0.2) is 10.6 Å². The lowest BCUT2D eigenvalue weighted by Crippen LogP contribution is -2.47. The zero-order chi connectivity index (χ0) is 17.9. The Morgan fingerprint density at radius 2 is 2.04 bits per heavy atom. The molecule has 0 bridgehead atoms. The Hall–Kier alpha value is -1.60. The molecule has 1 aromatic rings. The van der Waals surface area contributed by atoms with Gasteiger partial charge in [0.15, 0.2) is 5.82 Å². The number of carbonyl (C=O) groups is 1. The minimum atomic E-state index is -0.133. The van der Waals surface area contributed by atoms with Gasteiger partial charge in [0.05, 0.1) is 6.54 Å². The number of nitrogens with zero attached hydrogens (tertiary/aromatic N) is 4. The first-order valence-corrected chi connectivity index (χ1v) is 8.75. The summed E-state index contributed by atoms with van der Waals surface area (Å²) in [6.07, 6.45) is -0.0871. The summed E-state index contributed by atoms with van der Waals surface area (Å²) in [4.78, 5) is 18.3. The van der Waals surface area contributed by atoms with Gasteiger partial charge in [-0.15, -0.1) is 0 Å². The molecule has 0 aromatic carbocycles. The van der Waals surface area contributed by atoms with Gasteiger partial charge in [-0.1, -0.05) is 39.8 Å². The second-order valence-electron chi connectivity index (χ2n) is 7.33. The second kappa shape index (κ2) is 7.53. The van der Waals surface area contributed by atoms with Crippen LogP contribution in [0.1, 0.15) is 40.4 Å². The third-order valence-corrected chi connectivity index (χ3v) is 4.48. The molecule has 0 radical (unpaired) electrons. The van der Waals surface area contributed by atoms with E-state index in [0.29, 0.717) is 12.4 Å². The number of carbonyl (C=O) groups excluding carboxylic acids is 1. The van der Waals surface area contributed by atoms with Gasteiger partial charge in [-0.3, -0.25) is 10.2 Å². The molecule has 1 saturated heterocycles. The normalized spacial score (nSPS) is 19.0. The van der Waals surface area contributed by atoms with Crippen LogP contribution in [0.5, 0.6) is 0 Å². The summed E-state index contributed by atoms with van der Waals surface area (Å²) < 4.78 is 5.45. The smallest absolute Gasteiger partial charge is 0.327 e. The highest BCUT2D eigenvalue weighted by Gasteiger charge is 2.38. The molecular formula is C17H31N5O2. The maximum atomic E-state index is 12.5. The van der Waals surface area contributed by atoms with Gasteiger partial charge in [-0.25, -0.2) is 4.79 Å². The van der Waals surface area contributed by atoms with Gasteiger partial charge in [0.2, 0.25) is 0 Å². The third-order valence-electron chi connectivity index (χ3n) is 4.48. The molecule has 0 saturated carbocycles. The predicted octanol–water partition coefficient (Wildman–Crippen LogP) is 2.10. The Labute approximate surface area is 144 Å². The monoisotopic (exact) mass is 337 g/mol. The van der Waals surface area contributed by atoms with Crippen LogP contribution >= 0.6 is 0 Å². The molecule has 7 heteroatoms. The molecular weight excluding hydrogens is 306 g/mol. The van der Waals surface area contributed by atoms with Crippen molar-refractivity contribution in [3.8, 4) is 0 Å². The lowest BCUT2D eigenvalue weighted by molar-refractivity contribution is 0.229. The van der Waals surface area contributed by atoms with Gasteiger partial charge in [-0.05, 0) is 13.1 Å². The zero-order valence-corrected chi connectivity index (χ0v) is 15.8. The van der Waals surface area contributed by atoms with E-state index in [-0.39, 0.29) is 17.6 Å². The minimum absolute atomic E-state index is 0.0518. The fourth-order valence-electron chi connectivity index (χ4n) is 2.81. The maximum Gasteiger partial charge on any atom is 0.327 e. The molecule has 1 N–H and O–H groups in total. The van der Waals surface area contributed by atoms with E-state index >= 15 is 0 Å². The van der Waals surface area contributed by atoms with Crippen LogP contribution in [-0.2, 0) is 5.41 Å². The van der Waals surface area contributed by atoms with Crippen molar-refractivity contribution in [3.05, 3.63) is 11.8 Å². The molecule has 2 amide bonds. The molecule has 2 heterocycles. The lowest BCUT2D eigenvalue weighted by atomic mass is 9.93. The van der Waals surface area contributed by atoms with E-state index in [2.05, 4.69) is 50.0 Å². The van der Waals surface area contributed by atoms with Crippen molar-refractivity contribution < 1.29 is 9.32 Å². The topological polar surface area (TPSA) is 64.8 Å². The first kappa shape index (κ1) is 18.7. The molecule has 0 aliphatic carbocycles. The Kier molecular flexibility index (Phi) is 5.87. The molecule has 0 spiro atoms. The van der Waals surface area contributed by atoms with E-state index in [1.807, 2.05) is 13.1 Å². The number of rotatable bonds is 7. The quantitative estimate of drug-likeness (QED) is 0.825. The molecule has 2 rings (SSSR count). The number of likely N-dealkylation sites (N-methyl/N-ethyl adjacent to an activating group) is 2. The second-order valence-corrected chi connectivity index (χ2v) is 7.33. The van der Waals surface area contributed by atoms with Crippen molar-refractivity contribution in [1.29, 1.82) is 0 Å². The van der Waals surface area contributed by atoms with Gasteiger partial charge in [0, 0.05) is 31.6 Å². The molecule has 136 valence electrons. The summed E-state index contributed by atoms with van der Waals surface area (Å²) in [5.41, 5.74) is -0.133. The molecule has 1 aliphatic heterocycles. The summed E-state index contributed by atoms with van der Waals surface area (Å²) in [6, 6.07) is 1.82. The summed E-state index contributed by atoms with van der Waals surface area (Å²) in [5.74, 6) is 1.36. The molecule has 24 heavy (non-hydrogen) atoms. The van der Waals surface area contributed by atoms with E-state index in [1.165, 1.54) is 0 Å². The van der Waals surface area contributed by atoms with Gasteiger partial charge in [-0.2, -0.15) is 0 Å². The summed E-state index contributed by atoms with van der Waals surface area (Å²) in [6.45, 7) is 15.0. The van der Waals surface area contributed by atoms with Crippen LogP contribution < -0.4 is 10.2 Å². The van der Waals surface area contributed by atoms with E-state index in [4.69, 9.17) is 4.52 Å². The molecule has 1 aliphatic rings. The number of anilines is 1. The highest BCUT2D eigenvalue weighted by atomic mass is 16.5. The predicted molar refractivity (Wildman–Crippen MR) is 95.3 cm³/mol. The molecule has 1 atom stereocenters. The largest absolute Gasteiger partial charge is 0.359 e. The van der Waals surface area contributed by atoms with Gasteiger partial charge in [0.25, 0.3) is 0 Å².